The molecule has 0 atom stereocenters. The molecule has 0 radical (unpaired) electrons. The van der Waals surface area contributed by atoms with Gasteiger partial charge in [0.25, 0.3) is 0 Å². The Labute approximate surface area is 92.6 Å². The average molecular weight is 249 g/mol. The molecule has 1 rings (SSSR count). The highest BCUT2D eigenvalue weighted by Crippen LogP contribution is 2.38. The number of phenols is 1. The summed E-state index contributed by atoms with van der Waals surface area (Å²) in [6, 6.07) is 0.562. The molecule has 0 aromatic heterocycles. The van der Waals surface area contributed by atoms with Crippen molar-refractivity contribution < 1.29 is 28.0 Å². The molecule has 0 spiro atoms. The largest absolute Gasteiger partial charge is 0.502 e. The van der Waals surface area contributed by atoms with Gasteiger partial charge in [-0.1, -0.05) is 0 Å². The standard InChI is InChI=1S/C9H6F3NO4/c1-4(14)6-2-5(9(10,11)12)3-7(8(6)15)13(16)17/h2-3,15H,1H3. The fourth-order valence-corrected chi connectivity index (χ4v) is 1.19. The maximum atomic E-state index is 12.4. The Morgan fingerprint density at radius 3 is 2.29 bits per heavy atom. The number of halogens is 3. The molecule has 0 saturated carbocycles. The summed E-state index contributed by atoms with van der Waals surface area (Å²) in [5, 5.41) is 19.7. The van der Waals surface area contributed by atoms with Gasteiger partial charge < -0.3 is 5.11 Å². The molecule has 1 N–H and O–H groups in total. The van der Waals surface area contributed by atoms with E-state index in [2.05, 4.69) is 0 Å². The third-order valence-corrected chi connectivity index (χ3v) is 1.99. The Kier molecular flexibility index (Phi) is 3.08. The van der Waals surface area contributed by atoms with Crippen molar-refractivity contribution in [1.82, 2.24) is 0 Å². The molecule has 1 aromatic rings. The van der Waals surface area contributed by atoms with E-state index in [9.17, 15) is 33.2 Å². The lowest BCUT2D eigenvalue weighted by molar-refractivity contribution is -0.386. The summed E-state index contributed by atoms with van der Waals surface area (Å²) in [5.74, 6) is -1.95. The molecule has 0 aliphatic carbocycles. The van der Waals surface area contributed by atoms with Crippen LogP contribution < -0.4 is 0 Å². The topological polar surface area (TPSA) is 80.4 Å². The molecule has 0 unspecified atom stereocenters. The monoisotopic (exact) mass is 249 g/mol. The number of hydrogen-bond donors (Lipinski definition) is 1. The Morgan fingerprint density at radius 1 is 1.41 bits per heavy atom. The first-order chi connectivity index (χ1) is 7.64. The van der Waals surface area contributed by atoms with E-state index in [1.165, 1.54) is 0 Å². The number of alkyl halides is 3. The van der Waals surface area contributed by atoms with E-state index >= 15 is 0 Å². The molecule has 1 aromatic carbocycles. The highest BCUT2D eigenvalue weighted by molar-refractivity contribution is 5.98. The van der Waals surface area contributed by atoms with E-state index < -0.39 is 39.4 Å². The summed E-state index contributed by atoms with van der Waals surface area (Å²) < 4.78 is 37.2. The minimum Gasteiger partial charge on any atom is -0.502 e. The maximum absolute atomic E-state index is 12.4. The summed E-state index contributed by atoms with van der Waals surface area (Å²) in [4.78, 5) is 20.2. The molecule has 92 valence electrons. The van der Waals surface area contributed by atoms with Crippen LogP contribution in [0.4, 0.5) is 18.9 Å². The first kappa shape index (κ1) is 12.9. The minimum absolute atomic E-state index is 0.182. The van der Waals surface area contributed by atoms with Gasteiger partial charge in [0.05, 0.1) is 16.1 Å². The van der Waals surface area contributed by atoms with Crippen LogP contribution in [0.3, 0.4) is 0 Å². The predicted molar refractivity (Wildman–Crippen MR) is 49.8 cm³/mol. The van der Waals surface area contributed by atoms with Crippen molar-refractivity contribution >= 4 is 11.5 Å². The van der Waals surface area contributed by atoms with Crippen LogP contribution >= 0.6 is 0 Å². The number of aromatic hydroxyl groups is 1. The molecule has 8 heteroatoms. The molecule has 17 heavy (non-hydrogen) atoms. The quantitative estimate of drug-likeness (QED) is 0.496. The Hall–Kier alpha value is -2.12. The SMILES string of the molecule is CC(=O)c1cc(C(F)(F)F)cc([N+](=O)[O-])c1O. The zero-order valence-corrected chi connectivity index (χ0v) is 8.41. The molecule has 0 bridgehead atoms. The normalized spacial score (nSPS) is 11.3. The van der Waals surface area contributed by atoms with Gasteiger partial charge in [0.15, 0.2) is 5.78 Å². The number of nitrogens with zero attached hydrogens (tertiary/aromatic N) is 1. The van der Waals surface area contributed by atoms with Gasteiger partial charge in [-0.2, -0.15) is 13.2 Å². The van der Waals surface area contributed by atoms with Crippen molar-refractivity contribution in [3.05, 3.63) is 33.4 Å². The van der Waals surface area contributed by atoms with Gasteiger partial charge in [0, 0.05) is 6.07 Å². The van der Waals surface area contributed by atoms with E-state index in [4.69, 9.17) is 0 Å². The van der Waals surface area contributed by atoms with Crippen LogP contribution in [-0.2, 0) is 6.18 Å². The fraction of sp³-hybridized carbons (Fsp3) is 0.222. The van der Waals surface area contributed by atoms with E-state index in [0.717, 1.165) is 6.92 Å². The lowest BCUT2D eigenvalue weighted by Crippen LogP contribution is -2.08. The van der Waals surface area contributed by atoms with E-state index in [0.29, 0.717) is 6.07 Å². The van der Waals surface area contributed by atoms with Crippen molar-refractivity contribution in [1.29, 1.82) is 0 Å². The molecule has 5 nitrogen and oxygen atoms in total. The van der Waals surface area contributed by atoms with E-state index in [-0.39, 0.29) is 6.07 Å². The van der Waals surface area contributed by atoms with Crippen LogP contribution in [0.5, 0.6) is 5.75 Å². The summed E-state index contributed by atoms with van der Waals surface area (Å²) in [6.07, 6.45) is -4.83. The van der Waals surface area contributed by atoms with E-state index in [1.54, 1.807) is 0 Å². The number of carbonyl (C=O) groups is 1. The second kappa shape index (κ2) is 4.04. The number of hydrogen-bond acceptors (Lipinski definition) is 4. The third-order valence-electron chi connectivity index (χ3n) is 1.99. The molecule has 0 heterocycles. The van der Waals surface area contributed by atoms with Crippen molar-refractivity contribution in [2.75, 3.05) is 0 Å². The van der Waals surface area contributed by atoms with Gasteiger partial charge in [0.2, 0.25) is 5.75 Å². The van der Waals surface area contributed by atoms with Crippen LogP contribution in [0.25, 0.3) is 0 Å². The van der Waals surface area contributed by atoms with Gasteiger partial charge in [-0.05, 0) is 13.0 Å². The van der Waals surface area contributed by atoms with Crippen LogP contribution in [0.15, 0.2) is 12.1 Å². The van der Waals surface area contributed by atoms with Gasteiger partial charge in [-0.25, -0.2) is 0 Å². The molecular weight excluding hydrogens is 243 g/mol. The van der Waals surface area contributed by atoms with Crippen molar-refractivity contribution in [2.24, 2.45) is 0 Å². The maximum Gasteiger partial charge on any atom is 0.416 e. The summed E-state index contributed by atoms with van der Waals surface area (Å²) in [5.41, 5.74) is -3.23. The highest BCUT2D eigenvalue weighted by atomic mass is 19.4. The zero-order chi connectivity index (χ0) is 13.4. The smallest absolute Gasteiger partial charge is 0.416 e. The van der Waals surface area contributed by atoms with Gasteiger partial charge >= 0.3 is 11.9 Å². The van der Waals surface area contributed by atoms with Crippen molar-refractivity contribution in [3.63, 3.8) is 0 Å². The number of phenolic OH excluding ortho intramolecular Hbond substituents is 1. The number of Topliss-reactive ketones (excluding diaryl/α,β-unsaturated/α-hetero) is 1. The van der Waals surface area contributed by atoms with Crippen LogP contribution in [0.1, 0.15) is 22.8 Å². The Balaban J connectivity index is 3.59. The number of rotatable bonds is 2. The fourth-order valence-electron chi connectivity index (χ4n) is 1.19. The van der Waals surface area contributed by atoms with Crippen LogP contribution in [0.2, 0.25) is 0 Å². The minimum atomic E-state index is -4.83. The number of carbonyl (C=O) groups excluding carboxylic acids is 1. The molecule has 0 aliphatic rings. The van der Waals surface area contributed by atoms with Gasteiger partial charge in [0.1, 0.15) is 0 Å². The van der Waals surface area contributed by atoms with Gasteiger partial charge in [-0.3, -0.25) is 14.9 Å². The van der Waals surface area contributed by atoms with Crippen molar-refractivity contribution in [2.45, 2.75) is 13.1 Å². The Bertz CT molecular complexity index is 460. The number of nitro groups is 1. The number of benzene rings is 1. The molecule has 0 fully saturated rings. The third kappa shape index (κ3) is 2.52. The number of nitro benzene ring substituents is 1. The summed E-state index contributed by atoms with van der Waals surface area (Å²) in [6.45, 7) is 0.902. The summed E-state index contributed by atoms with van der Waals surface area (Å²) in [7, 11) is 0. The zero-order valence-electron chi connectivity index (χ0n) is 8.41. The molecular formula is C9H6F3NO4. The number of ketones is 1. The lowest BCUT2D eigenvalue weighted by Gasteiger charge is -2.09. The Morgan fingerprint density at radius 2 is 1.94 bits per heavy atom. The van der Waals surface area contributed by atoms with Crippen LogP contribution in [-0.4, -0.2) is 15.8 Å². The average Bonchev–Trinajstić information content (AvgIpc) is 2.14. The first-order valence-electron chi connectivity index (χ1n) is 4.24. The molecule has 0 saturated heterocycles. The van der Waals surface area contributed by atoms with Crippen molar-refractivity contribution in [3.8, 4) is 5.75 Å². The lowest BCUT2D eigenvalue weighted by atomic mass is 10.0. The van der Waals surface area contributed by atoms with E-state index in [1.807, 2.05) is 0 Å². The first-order valence-corrected chi connectivity index (χ1v) is 4.24. The second-order valence-electron chi connectivity index (χ2n) is 3.20. The van der Waals surface area contributed by atoms with Gasteiger partial charge in [-0.15, -0.1) is 0 Å². The second-order valence-corrected chi connectivity index (χ2v) is 3.20. The predicted octanol–water partition coefficient (Wildman–Crippen LogP) is 2.52. The molecule has 0 amide bonds. The molecule has 0 aliphatic heterocycles. The van der Waals surface area contributed by atoms with Crippen LogP contribution in [0, 0.1) is 10.1 Å². The summed E-state index contributed by atoms with van der Waals surface area (Å²) >= 11 is 0. The highest BCUT2D eigenvalue weighted by Gasteiger charge is 2.35.